The minimum Gasteiger partial charge on any atom is -0.478 e. The van der Waals surface area contributed by atoms with Gasteiger partial charge in [0, 0.05) is 6.42 Å². The number of halogens is 1. The standard InChI is InChI=1S/C16H22FNO4/c1-10(2)11(3)8-15(19)18-9-14(16(20)21)22-13-6-4-12(17)5-7-13/h4-7,10-11,14H,8-9H2,1-3H3,(H,18,19)(H,20,21). The predicted octanol–water partition coefficient (Wildman–Crippen LogP) is 2.46. The van der Waals surface area contributed by atoms with Gasteiger partial charge in [0.05, 0.1) is 6.54 Å². The number of nitrogens with one attached hydrogen (secondary N) is 1. The second kappa shape index (κ2) is 8.36. The van der Waals surface area contributed by atoms with Crippen LogP contribution in [0.15, 0.2) is 24.3 Å². The number of carbonyl (C=O) groups is 2. The second-order valence-corrected chi connectivity index (χ2v) is 5.63. The molecule has 0 aliphatic carbocycles. The Labute approximate surface area is 129 Å². The lowest BCUT2D eigenvalue weighted by molar-refractivity contribution is -0.145. The van der Waals surface area contributed by atoms with E-state index in [1.807, 2.05) is 20.8 Å². The average molecular weight is 311 g/mol. The van der Waals surface area contributed by atoms with Crippen LogP contribution in [0.3, 0.4) is 0 Å². The monoisotopic (exact) mass is 311 g/mol. The summed E-state index contributed by atoms with van der Waals surface area (Å²) >= 11 is 0. The molecule has 2 atom stereocenters. The maximum Gasteiger partial charge on any atom is 0.346 e. The van der Waals surface area contributed by atoms with Gasteiger partial charge in [-0.3, -0.25) is 4.79 Å². The highest BCUT2D eigenvalue weighted by Gasteiger charge is 2.21. The van der Waals surface area contributed by atoms with Crippen molar-refractivity contribution in [3.63, 3.8) is 0 Å². The number of carbonyl (C=O) groups excluding carboxylic acids is 1. The molecule has 1 amide bonds. The Morgan fingerprint density at radius 1 is 1.23 bits per heavy atom. The van der Waals surface area contributed by atoms with Gasteiger partial charge in [-0.15, -0.1) is 0 Å². The molecular formula is C16H22FNO4. The van der Waals surface area contributed by atoms with Crippen LogP contribution < -0.4 is 10.1 Å². The summed E-state index contributed by atoms with van der Waals surface area (Å²) in [6, 6.07) is 5.04. The molecule has 0 saturated heterocycles. The molecule has 2 unspecified atom stereocenters. The molecule has 0 aromatic heterocycles. The Morgan fingerprint density at radius 3 is 2.32 bits per heavy atom. The van der Waals surface area contributed by atoms with E-state index in [0.29, 0.717) is 12.3 Å². The fourth-order valence-corrected chi connectivity index (χ4v) is 1.66. The summed E-state index contributed by atoms with van der Waals surface area (Å²) in [7, 11) is 0. The van der Waals surface area contributed by atoms with Crippen LogP contribution in [-0.2, 0) is 9.59 Å². The van der Waals surface area contributed by atoms with Crippen LogP contribution in [0.2, 0.25) is 0 Å². The molecule has 0 spiro atoms. The Bertz CT molecular complexity index is 501. The Morgan fingerprint density at radius 2 is 1.82 bits per heavy atom. The van der Waals surface area contributed by atoms with E-state index in [1.54, 1.807) is 0 Å². The summed E-state index contributed by atoms with van der Waals surface area (Å²) in [6.45, 7) is 5.87. The first-order valence-corrected chi connectivity index (χ1v) is 7.21. The second-order valence-electron chi connectivity index (χ2n) is 5.63. The lowest BCUT2D eigenvalue weighted by Crippen LogP contribution is -2.40. The van der Waals surface area contributed by atoms with Crippen LogP contribution in [0, 0.1) is 17.7 Å². The zero-order chi connectivity index (χ0) is 16.7. The largest absolute Gasteiger partial charge is 0.478 e. The number of benzene rings is 1. The van der Waals surface area contributed by atoms with Crippen LogP contribution in [0.5, 0.6) is 5.75 Å². The minimum atomic E-state index is -1.22. The molecule has 0 heterocycles. The molecule has 5 nitrogen and oxygen atoms in total. The van der Waals surface area contributed by atoms with Crippen LogP contribution in [0.4, 0.5) is 4.39 Å². The molecular weight excluding hydrogens is 289 g/mol. The van der Waals surface area contributed by atoms with E-state index in [1.165, 1.54) is 24.3 Å². The summed E-state index contributed by atoms with van der Waals surface area (Å²) in [5.74, 6) is -1.02. The lowest BCUT2D eigenvalue weighted by atomic mass is 9.94. The maximum atomic E-state index is 12.8. The third-order valence-electron chi connectivity index (χ3n) is 3.50. The van der Waals surface area contributed by atoms with Gasteiger partial charge in [0.1, 0.15) is 11.6 Å². The molecule has 0 fully saturated rings. The zero-order valence-corrected chi connectivity index (χ0v) is 13.0. The molecule has 0 saturated carbocycles. The molecule has 1 aromatic carbocycles. The van der Waals surface area contributed by atoms with Crippen LogP contribution in [0.25, 0.3) is 0 Å². The number of amides is 1. The third-order valence-corrected chi connectivity index (χ3v) is 3.50. The Kier molecular flexibility index (Phi) is 6.82. The highest BCUT2D eigenvalue weighted by atomic mass is 19.1. The number of aliphatic carboxylic acids is 1. The van der Waals surface area contributed by atoms with E-state index in [9.17, 15) is 14.0 Å². The normalized spacial score (nSPS) is 13.5. The van der Waals surface area contributed by atoms with E-state index < -0.39 is 17.9 Å². The van der Waals surface area contributed by atoms with Crippen molar-refractivity contribution in [2.24, 2.45) is 11.8 Å². The van der Waals surface area contributed by atoms with Crippen molar-refractivity contribution in [1.82, 2.24) is 5.32 Å². The summed E-state index contributed by atoms with van der Waals surface area (Å²) in [4.78, 5) is 22.9. The molecule has 1 rings (SSSR count). The number of ether oxygens (including phenoxy) is 1. The highest BCUT2D eigenvalue weighted by Crippen LogP contribution is 2.14. The van der Waals surface area contributed by atoms with Crippen molar-refractivity contribution in [2.75, 3.05) is 6.54 Å². The smallest absolute Gasteiger partial charge is 0.346 e. The molecule has 122 valence electrons. The van der Waals surface area contributed by atoms with Crippen molar-refractivity contribution in [1.29, 1.82) is 0 Å². The van der Waals surface area contributed by atoms with Crippen molar-refractivity contribution in [2.45, 2.75) is 33.3 Å². The van der Waals surface area contributed by atoms with E-state index in [0.717, 1.165) is 0 Å². The lowest BCUT2D eigenvalue weighted by Gasteiger charge is -2.18. The first-order chi connectivity index (χ1) is 10.3. The molecule has 0 aliphatic rings. The SMILES string of the molecule is CC(C)C(C)CC(=O)NCC(Oc1ccc(F)cc1)C(=O)O. The van der Waals surface area contributed by atoms with E-state index in [4.69, 9.17) is 9.84 Å². The molecule has 1 aromatic rings. The fourth-order valence-electron chi connectivity index (χ4n) is 1.66. The fraction of sp³-hybridized carbons (Fsp3) is 0.500. The van der Waals surface area contributed by atoms with Gasteiger partial charge in [-0.25, -0.2) is 9.18 Å². The summed E-state index contributed by atoms with van der Waals surface area (Å²) in [5, 5.41) is 11.7. The highest BCUT2D eigenvalue weighted by molar-refractivity contribution is 5.78. The number of carboxylic acid groups (broad SMARTS) is 1. The van der Waals surface area contributed by atoms with Gasteiger partial charge in [0.2, 0.25) is 12.0 Å². The topological polar surface area (TPSA) is 75.6 Å². The molecule has 0 aliphatic heterocycles. The van der Waals surface area contributed by atoms with Crippen molar-refractivity contribution in [3.05, 3.63) is 30.1 Å². The first-order valence-electron chi connectivity index (χ1n) is 7.21. The summed E-state index contributed by atoms with van der Waals surface area (Å²) < 4.78 is 18.0. The molecule has 0 radical (unpaired) electrons. The van der Waals surface area contributed by atoms with Crippen molar-refractivity contribution < 1.29 is 23.8 Å². The van der Waals surface area contributed by atoms with E-state index in [2.05, 4.69) is 5.32 Å². The maximum absolute atomic E-state index is 12.8. The summed E-state index contributed by atoms with van der Waals surface area (Å²) in [5.41, 5.74) is 0. The quantitative estimate of drug-likeness (QED) is 0.773. The van der Waals surface area contributed by atoms with Crippen molar-refractivity contribution >= 4 is 11.9 Å². The van der Waals surface area contributed by atoms with Crippen LogP contribution in [0.1, 0.15) is 27.2 Å². The average Bonchev–Trinajstić information content (AvgIpc) is 2.44. The van der Waals surface area contributed by atoms with E-state index in [-0.39, 0.29) is 24.1 Å². The zero-order valence-electron chi connectivity index (χ0n) is 13.0. The van der Waals surface area contributed by atoms with Gasteiger partial charge in [0.25, 0.3) is 0 Å². The molecule has 6 heteroatoms. The minimum absolute atomic E-state index is 0.143. The van der Waals surface area contributed by atoms with Crippen molar-refractivity contribution in [3.8, 4) is 5.75 Å². The predicted molar refractivity (Wildman–Crippen MR) is 80.1 cm³/mol. The van der Waals surface area contributed by atoms with Gasteiger partial charge >= 0.3 is 5.97 Å². The van der Waals surface area contributed by atoms with Gasteiger partial charge in [-0.2, -0.15) is 0 Å². The van der Waals surface area contributed by atoms with Crippen LogP contribution in [-0.4, -0.2) is 29.6 Å². The number of carboxylic acids is 1. The van der Waals surface area contributed by atoms with Gasteiger partial charge in [0.15, 0.2) is 0 Å². The summed E-state index contributed by atoms with van der Waals surface area (Å²) in [6.07, 6.45) is -0.885. The number of hydrogen-bond acceptors (Lipinski definition) is 3. The van der Waals surface area contributed by atoms with Gasteiger partial charge in [-0.1, -0.05) is 20.8 Å². The first kappa shape index (κ1) is 17.9. The third kappa shape index (κ3) is 6.11. The Balaban J connectivity index is 2.52. The Hall–Kier alpha value is -2.11. The number of rotatable bonds is 8. The molecule has 2 N–H and O–H groups in total. The molecule has 22 heavy (non-hydrogen) atoms. The van der Waals surface area contributed by atoms with Crippen LogP contribution >= 0.6 is 0 Å². The van der Waals surface area contributed by atoms with Gasteiger partial charge < -0.3 is 15.2 Å². The van der Waals surface area contributed by atoms with E-state index >= 15 is 0 Å². The van der Waals surface area contributed by atoms with Gasteiger partial charge in [-0.05, 0) is 36.1 Å². The molecule has 0 bridgehead atoms. The number of hydrogen-bond donors (Lipinski definition) is 2.